The Morgan fingerprint density at radius 2 is 1.69 bits per heavy atom. The first kappa shape index (κ1) is 20.5. The number of aryl methyl sites for hydroxylation is 4. The van der Waals surface area contributed by atoms with Crippen molar-refractivity contribution < 1.29 is 22.2 Å². The SMILES string of the molecule is Cc1ccc2c(n1)oc1c(-c3c4ccc(CCC(F)(F)F)cc4cc[n+]3C)c(C)ccc12. The van der Waals surface area contributed by atoms with Gasteiger partial charge in [-0.2, -0.15) is 13.2 Å². The molecule has 0 bridgehead atoms. The lowest BCUT2D eigenvalue weighted by molar-refractivity contribution is -0.659. The predicted molar refractivity (Wildman–Crippen MR) is 119 cm³/mol. The summed E-state index contributed by atoms with van der Waals surface area (Å²) < 4.78 is 46.3. The van der Waals surface area contributed by atoms with E-state index in [1.165, 1.54) is 0 Å². The molecule has 0 spiro atoms. The number of furan rings is 1. The largest absolute Gasteiger partial charge is 0.437 e. The summed E-state index contributed by atoms with van der Waals surface area (Å²) in [7, 11) is 1.97. The van der Waals surface area contributed by atoms with Gasteiger partial charge in [0.05, 0.1) is 10.9 Å². The lowest BCUT2D eigenvalue weighted by Crippen LogP contribution is -2.30. The molecular weight excluding hydrogens is 413 g/mol. The number of aromatic nitrogens is 2. The van der Waals surface area contributed by atoms with E-state index < -0.39 is 12.6 Å². The molecule has 0 aliphatic heterocycles. The van der Waals surface area contributed by atoms with E-state index in [2.05, 4.69) is 17.1 Å². The van der Waals surface area contributed by atoms with Crippen molar-refractivity contribution >= 4 is 32.8 Å². The minimum Gasteiger partial charge on any atom is -0.437 e. The van der Waals surface area contributed by atoms with Gasteiger partial charge in [0.25, 0.3) is 0 Å². The lowest BCUT2D eigenvalue weighted by atomic mass is 9.96. The number of halogens is 3. The summed E-state index contributed by atoms with van der Waals surface area (Å²) >= 11 is 0. The van der Waals surface area contributed by atoms with Gasteiger partial charge in [-0.05, 0) is 55.0 Å². The van der Waals surface area contributed by atoms with Crippen LogP contribution in [0, 0.1) is 13.8 Å². The van der Waals surface area contributed by atoms with E-state index in [1.54, 1.807) is 6.07 Å². The van der Waals surface area contributed by atoms with Crippen molar-refractivity contribution in [2.45, 2.75) is 32.9 Å². The van der Waals surface area contributed by atoms with E-state index >= 15 is 0 Å². The van der Waals surface area contributed by atoms with E-state index in [1.807, 2.05) is 62.0 Å². The van der Waals surface area contributed by atoms with Crippen molar-refractivity contribution in [2.75, 3.05) is 0 Å². The van der Waals surface area contributed by atoms with Crippen LogP contribution in [-0.2, 0) is 13.5 Å². The molecule has 0 atom stereocenters. The molecule has 5 rings (SSSR count). The minimum absolute atomic E-state index is 0.0288. The van der Waals surface area contributed by atoms with Crippen LogP contribution >= 0.6 is 0 Å². The second-order valence-corrected chi connectivity index (χ2v) is 8.35. The molecular formula is C26H22F3N2O+. The molecule has 5 aromatic rings. The first-order valence-corrected chi connectivity index (χ1v) is 10.5. The summed E-state index contributed by atoms with van der Waals surface area (Å²) in [6, 6.07) is 15.6. The zero-order chi connectivity index (χ0) is 22.6. The molecule has 6 heteroatoms. The minimum atomic E-state index is -4.16. The van der Waals surface area contributed by atoms with Crippen LogP contribution in [0.3, 0.4) is 0 Å². The van der Waals surface area contributed by atoms with Crippen LogP contribution in [-0.4, -0.2) is 11.2 Å². The van der Waals surface area contributed by atoms with Gasteiger partial charge < -0.3 is 4.42 Å². The van der Waals surface area contributed by atoms with Gasteiger partial charge in [0, 0.05) is 29.0 Å². The van der Waals surface area contributed by atoms with E-state index in [-0.39, 0.29) is 6.42 Å². The highest BCUT2D eigenvalue weighted by atomic mass is 19.4. The fraction of sp³-hybridized carbons (Fsp3) is 0.231. The first-order valence-electron chi connectivity index (χ1n) is 10.5. The summed E-state index contributed by atoms with van der Waals surface area (Å²) in [5.41, 5.74) is 5.91. The van der Waals surface area contributed by atoms with Crippen LogP contribution in [0.5, 0.6) is 0 Å². The van der Waals surface area contributed by atoms with Gasteiger partial charge in [-0.15, -0.1) is 0 Å². The van der Waals surface area contributed by atoms with Crippen molar-refractivity contribution in [3.8, 4) is 11.3 Å². The van der Waals surface area contributed by atoms with Crippen LogP contribution < -0.4 is 4.57 Å². The molecule has 32 heavy (non-hydrogen) atoms. The molecule has 0 radical (unpaired) electrons. The Morgan fingerprint density at radius 3 is 2.47 bits per heavy atom. The van der Waals surface area contributed by atoms with E-state index in [0.717, 1.165) is 49.6 Å². The monoisotopic (exact) mass is 435 g/mol. The molecule has 0 aliphatic carbocycles. The van der Waals surface area contributed by atoms with E-state index in [9.17, 15) is 13.2 Å². The third-order valence-electron chi connectivity index (χ3n) is 5.99. The molecule has 2 aromatic carbocycles. The molecule has 0 saturated carbocycles. The van der Waals surface area contributed by atoms with Gasteiger partial charge >= 0.3 is 6.18 Å². The molecule has 0 fully saturated rings. The summed E-state index contributed by atoms with van der Waals surface area (Å²) in [4.78, 5) is 4.55. The number of fused-ring (bicyclic) bond motifs is 4. The molecule has 3 nitrogen and oxygen atoms in total. The van der Waals surface area contributed by atoms with Gasteiger partial charge in [-0.1, -0.05) is 24.3 Å². The number of rotatable bonds is 3. The summed E-state index contributed by atoms with van der Waals surface area (Å²) in [6.45, 7) is 3.97. The van der Waals surface area contributed by atoms with Gasteiger partial charge in [-0.25, -0.2) is 9.55 Å². The van der Waals surface area contributed by atoms with Crippen molar-refractivity contribution in [2.24, 2.45) is 7.05 Å². The summed E-state index contributed by atoms with van der Waals surface area (Å²) in [5.74, 6) is 0. The third-order valence-corrected chi connectivity index (χ3v) is 5.99. The average molecular weight is 435 g/mol. The number of alkyl halides is 3. The van der Waals surface area contributed by atoms with Gasteiger partial charge in [0.15, 0.2) is 11.8 Å². The summed E-state index contributed by atoms with van der Waals surface area (Å²) in [5, 5.41) is 3.82. The molecule has 0 unspecified atom stereocenters. The fourth-order valence-corrected chi connectivity index (χ4v) is 4.38. The highest BCUT2D eigenvalue weighted by Gasteiger charge is 2.27. The highest BCUT2D eigenvalue weighted by Crippen LogP contribution is 2.38. The van der Waals surface area contributed by atoms with Crippen LogP contribution in [0.2, 0.25) is 0 Å². The molecule has 0 amide bonds. The van der Waals surface area contributed by atoms with Crippen molar-refractivity contribution in [1.29, 1.82) is 0 Å². The Hall–Kier alpha value is -3.41. The molecule has 162 valence electrons. The summed E-state index contributed by atoms with van der Waals surface area (Å²) in [6.07, 6.45) is -3.08. The molecule has 3 aromatic heterocycles. The van der Waals surface area contributed by atoms with Gasteiger partial charge in [0.2, 0.25) is 11.4 Å². The topological polar surface area (TPSA) is 29.9 Å². The Morgan fingerprint density at radius 1 is 0.938 bits per heavy atom. The third kappa shape index (κ3) is 3.49. The standard InChI is InChI=1S/C26H22F3N2O/c1-15-4-7-20-21-8-5-16(2)30-25(21)32-24(20)22(15)23-19-9-6-17(10-12-26(27,28)29)14-18(19)11-13-31(23)3/h4-9,11,13-14H,10,12H2,1-3H3/q+1. The number of pyridine rings is 2. The smallest absolute Gasteiger partial charge is 0.389 e. The lowest BCUT2D eigenvalue weighted by Gasteiger charge is -2.10. The second-order valence-electron chi connectivity index (χ2n) is 8.35. The normalized spacial score (nSPS) is 12.3. The Bertz CT molecular complexity index is 1500. The van der Waals surface area contributed by atoms with E-state index in [4.69, 9.17) is 4.42 Å². The Kier molecular flexibility index (Phi) is 4.69. The zero-order valence-corrected chi connectivity index (χ0v) is 18.0. The van der Waals surface area contributed by atoms with Crippen LogP contribution in [0.1, 0.15) is 23.2 Å². The number of benzene rings is 2. The quantitative estimate of drug-likeness (QED) is 0.294. The average Bonchev–Trinajstić information content (AvgIpc) is 3.10. The van der Waals surface area contributed by atoms with Crippen molar-refractivity contribution in [1.82, 2.24) is 4.98 Å². The predicted octanol–water partition coefficient (Wildman–Crippen LogP) is 6.74. The van der Waals surface area contributed by atoms with Crippen molar-refractivity contribution in [3.63, 3.8) is 0 Å². The highest BCUT2D eigenvalue weighted by molar-refractivity contribution is 6.11. The molecule has 3 heterocycles. The molecule has 0 aliphatic rings. The second kappa shape index (κ2) is 7.33. The van der Waals surface area contributed by atoms with Crippen LogP contribution in [0.15, 0.2) is 59.1 Å². The molecule has 0 N–H and O–H groups in total. The van der Waals surface area contributed by atoms with Gasteiger partial charge in [-0.3, -0.25) is 0 Å². The van der Waals surface area contributed by atoms with Crippen molar-refractivity contribution in [3.05, 3.63) is 71.5 Å². The maximum atomic E-state index is 12.7. The number of hydrogen-bond donors (Lipinski definition) is 0. The maximum Gasteiger partial charge on any atom is 0.389 e. The van der Waals surface area contributed by atoms with Crippen LogP contribution in [0.25, 0.3) is 44.1 Å². The van der Waals surface area contributed by atoms with Gasteiger partial charge in [0.1, 0.15) is 7.05 Å². The Balaban J connectivity index is 1.74. The van der Waals surface area contributed by atoms with Crippen LogP contribution in [0.4, 0.5) is 13.2 Å². The number of hydrogen-bond acceptors (Lipinski definition) is 2. The van der Waals surface area contributed by atoms with E-state index in [0.29, 0.717) is 11.3 Å². The number of nitrogens with zero attached hydrogens (tertiary/aromatic N) is 2. The maximum absolute atomic E-state index is 12.7. The first-order chi connectivity index (χ1) is 15.2. The zero-order valence-electron chi connectivity index (χ0n) is 18.0. The fourth-order valence-electron chi connectivity index (χ4n) is 4.38. The molecule has 0 saturated heterocycles. The Labute approximate surface area is 183 Å².